The Morgan fingerprint density at radius 2 is 1.64 bits per heavy atom. The summed E-state index contributed by atoms with van der Waals surface area (Å²) < 4.78 is 0. The molecular formula is C18H23ClN2O. The Bertz CT molecular complexity index is 618. The van der Waals surface area contributed by atoms with Gasteiger partial charge in [-0.15, -0.1) is 12.4 Å². The fraction of sp³-hybridized carbons (Fsp3) is 0.278. The molecule has 1 unspecified atom stereocenters. The number of carbonyl (C=O) groups is 1. The summed E-state index contributed by atoms with van der Waals surface area (Å²) in [5.41, 5.74) is 10.9. The van der Waals surface area contributed by atoms with Gasteiger partial charge in [0.25, 0.3) is 0 Å². The predicted octanol–water partition coefficient (Wildman–Crippen LogP) is 3.73. The zero-order chi connectivity index (χ0) is 15.4. The standard InChI is InChI=1S/C18H22N2O.ClH/c1-12-8-13(2)10-16(9-12)14(3)20-18(21)11-15-4-6-17(19)7-5-15;/h4-10,14H,11,19H2,1-3H3,(H,20,21);1H. The number of halogens is 1. The molecule has 0 aromatic heterocycles. The van der Waals surface area contributed by atoms with Crippen molar-refractivity contribution >= 4 is 24.0 Å². The monoisotopic (exact) mass is 318 g/mol. The van der Waals surface area contributed by atoms with E-state index < -0.39 is 0 Å². The molecule has 0 aliphatic heterocycles. The van der Waals surface area contributed by atoms with Gasteiger partial charge in [-0.3, -0.25) is 4.79 Å². The van der Waals surface area contributed by atoms with Crippen LogP contribution in [0.2, 0.25) is 0 Å². The Balaban J connectivity index is 0.00000242. The molecule has 2 aromatic carbocycles. The summed E-state index contributed by atoms with van der Waals surface area (Å²) in [5, 5.41) is 3.04. The fourth-order valence-corrected chi connectivity index (χ4v) is 2.46. The second kappa shape index (κ2) is 7.85. The van der Waals surface area contributed by atoms with Crippen LogP contribution in [0.25, 0.3) is 0 Å². The first-order valence-electron chi connectivity index (χ1n) is 7.16. The van der Waals surface area contributed by atoms with Gasteiger partial charge in [-0.25, -0.2) is 0 Å². The highest BCUT2D eigenvalue weighted by Crippen LogP contribution is 2.17. The van der Waals surface area contributed by atoms with Gasteiger partial charge in [-0.05, 0) is 44.0 Å². The molecular weight excluding hydrogens is 296 g/mol. The van der Waals surface area contributed by atoms with E-state index in [4.69, 9.17) is 5.73 Å². The highest BCUT2D eigenvalue weighted by Gasteiger charge is 2.10. The second-order valence-electron chi connectivity index (χ2n) is 5.63. The Morgan fingerprint density at radius 1 is 1.09 bits per heavy atom. The highest BCUT2D eigenvalue weighted by molar-refractivity contribution is 5.85. The molecule has 1 amide bonds. The molecule has 2 rings (SSSR count). The first-order valence-corrected chi connectivity index (χ1v) is 7.16. The van der Waals surface area contributed by atoms with E-state index in [0.717, 1.165) is 11.1 Å². The number of benzene rings is 2. The van der Waals surface area contributed by atoms with Gasteiger partial charge in [-0.1, -0.05) is 41.5 Å². The van der Waals surface area contributed by atoms with Crippen molar-refractivity contribution in [2.45, 2.75) is 33.2 Å². The largest absolute Gasteiger partial charge is 0.399 e. The minimum atomic E-state index is 0. The first kappa shape index (κ1) is 18.1. The Morgan fingerprint density at radius 3 is 2.18 bits per heavy atom. The van der Waals surface area contributed by atoms with Crippen LogP contribution in [-0.4, -0.2) is 5.91 Å². The van der Waals surface area contributed by atoms with Crippen molar-refractivity contribution in [2.75, 3.05) is 5.73 Å². The third-order valence-electron chi connectivity index (χ3n) is 3.47. The molecule has 0 saturated carbocycles. The number of anilines is 1. The number of hydrogen-bond acceptors (Lipinski definition) is 2. The molecule has 0 fully saturated rings. The van der Waals surface area contributed by atoms with E-state index in [1.54, 1.807) is 0 Å². The normalized spacial score (nSPS) is 11.4. The molecule has 4 heteroatoms. The van der Waals surface area contributed by atoms with Crippen molar-refractivity contribution in [1.29, 1.82) is 0 Å². The van der Waals surface area contributed by atoms with E-state index in [9.17, 15) is 4.79 Å². The van der Waals surface area contributed by atoms with E-state index >= 15 is 0 Å². The van der Waals surface area contributed by atoms with E-state index in [0.29, 0.717) is 12.1 Å². The molecule has 0 aliphatic carbocycles. The van der Waals surface area contributed by atoms with Gasteiger partial charge in [0, 0.05) is 5.69 Å². The van der Waals surface area contributed by atoms with Gasteiger partial charge in [-0.2, -0.15) is 0 Å². The van der Waals surface area contributed by atoms with Crippen molar-refractivity contribution in [3.63, 3.8) is 0 Å². The maximum Gasteiger partial charge on any atom is 0.224 e. The van der Waals surface area contributed by atoms with Crippen LogP contribution in [0.5, 0.6) is 0 Å². The van der Waals surface area contributed by atoms with Crippen LogP contribution in [0.3, 0.4) is 0 Å². The average Bonchev–Trinajstić information content (AvgIpc) is 2.40. The van der Waals surface area contributed by atoms with Crippen LogP contribution >= 0.6 is 12.4 Å². The third-order valence-corrected chi connectivity index (χ3v) is 3.47. The number of nitrogens with one attached hydrogen (secondary N) is 1. The van der Waals surface area contributed by atoms with E-state index in [-0.39, 0.29) is 24.4 Å². The van der Waals surface area contributed by atoms with E-state index in [2.05, 4.69) is 37.4 Å². The topological polar surface area (TPSA) is 55.1 Å². The number of aryl methyl sites for hydroxylation is 2. The van der Waals surface area contributed by atoms with Crippen LogP contribution in [0.1, 0.15) is 35.2 Å². The molecule has 0 saturated heterocycles. The highest BCUT2D eigenvalue weighted by atomic mass is 35.5. The molecule has 0 heterocycles. The number of nitrogen functional groups attached to an aromatic ring is 1. The number of carbonyl (C=O) groups excluding carboxylic acids is 1. The minimum Gasteiger partial charge on any atom is -0.399 e. The van der Waals surface area contributed by atoms with Crippen LogP contribution in [-0.2, 0) is 11.2 Å². The molecule has 0 radical (unpaired) electrons. The van der Waals surface area contributed by atoms with Crippen LogP contribution in [0.15, 0.2) is 42.5 Å². The maximum absolute atomic E-state index is 12.1. The zero-order valence-corrected chi connectivity index (χ0v) is 14.0. The molecule has 22 heavy (non-hydrogen) atoms. The molecule has 0 aliphatic rings. The fourth-order valence-electron chi connectivity index (χ4n) is 2.46. The average molecular weight is 319 g/mol. The lowest BCUT2D eigenvalue weighted by molar-refractivity contribution is -0.121. The van der Waals surface area contributed by atoms with Gasteiger partial charge in [0.15, 0.2) is 0 Å². The lowest BCUT2D eigenvalue weighted by Gasteiger charge is -2.16. The van der Waals surface area contributed by atoms with Crippen molar-refractivity contribution in [3.05, 3.63) is 64.7 Å². The Labute approximate surface area is 138 Å². The summed E-state index contributed by atoms with van der Waals surface area (Å²) in [6, 6.07) is 13.8. The molecule has 0 spiro atoms. The number of amides is 1. The van der Waals surface area contributed by atoms with Gasteiger partial charge < -0.3 is 11.1 Å². The summed E-state index contributed by atoms with van der Waals surface area (Å²) in [6.45, 7) is 6.15. The predicted molar refractivity (Wildman–Crippen MR) is 94.3 cm³/mol. The number of hydrogen-bond donors (Lipinski definition) is 2. The third kappa shape index (κ3) is 5.08. The molecule has 3 nitrogen and oxygen atoms in total. The summed E-state index contributed by atoms with van der Waals surface area (Å²) in [4.78, 5) is 12.1. The summed E-state index contributed by atoms with van der Waals surface area (Å²) in [7, 11) is 0. The van der Waals surface area contributed by atoms with Crippen molar-refractivity contribution < 1.29 is 4.79 Å². The molecule has 3 N–H and O–H groups in total. The SMILES string of the molecule is Cc1cc(C)cc(C(C)NC(=O)Cc2ccc(N)cc2)c1.Cl. The van der Waals surface area contributed by atoms with E-state index in [1.807, 2.05) is 31.2 Å². The summed E-state index contributed by atoms with van der Waals surface area (Å²) in [5.74, 6) is 0.0198. The molecule has 0 bridgehead atoms. The quantitative estimate of drug-likeness (QED) is 0.844. The van der Waals surface area contributed by atoms with Gasteiger partial charge in [0.1, 0.15) is 0 Å². The van der Waals surface area contributed by atoms with Gasteiger partial charge in [0.2, 0.25) is 5.91 Å². The van der Waals surface area contributed by atoms with Crippen molar-refractivity contribution in [2.24, 2.45) is 0 Å². The van der Waals surface area contributed by atoms with Crippen LogP contribution in [0.4, 0.5) is 5.69 Å². The van der Waals surface area contributed by atoms with Crippen molar-refractivity contribution in [1.82, 2.24) is 5.32 Å². The Kier molecular flexibility index (Phi) is 6.44. The lowest BCUT2D eigenvalue weighted by Crippen LogP contribution is -2.28. The molecule has 1 atom stereocenters. The summed E-state index contributed by atoms with van der Waals surface area (Å²) >= 11 is 0. The Hall–Kier alpha value is -2.00. The molecule has 2 aromatic rings. The van der Waals surface area contributed by atoms with E-state index in [1.165, 1.54) is 11.1 Å². The van der Waals surface area contributed by atoms with Gasteiger partial charge >= 0.3 is 0 Å². The number of nitrogens with two attached hydrogens (primary N) is 1. The van der Waals surface area contributed by atoms with Gasteiger partial charge in [0.05, 0.1) is 12.5 Å². The summed E-state index contributed by atoms with van der Waals surface area (Å²) in [6.07, 6.45) is 0.370. The maximum atomic E-state index is 12.1. The zero-order valence-electron chi connectivity index (χ0n) is 13.2. The molecule has 118 valence electrons. The first-order chi connectivity index (χ1) is 9.94. The number of rotatable bonds is 4. The lowest BCUT2D eigenvalue weighted by atomic mass is 10.0. The second-order valence-corrected chi connectivity index (χ2v) is 5.63. The van der Waals surface area contributed by atoms with Crippen molar-refractivity contribution in [3.8, 4) is 0 Å². The smallest absolute Gasteiger partial charge is 0.224 e. The minimum absolute atomic E-state index is 0. The van der Waals surface area contributed by atoms with Crippen LogP contribution < -0.4 is 11.1 Å². The van der Waals surface area contributed by atoms with Crippen LogP contribution in [0, 0.1) is 13.8 Å².